The van der Waals surface area contributed by atoms with Crippen molar-refractivity contribution in [1.29, 1.82) is 0 Å². The van der Waals surface area contributed by atoms with Gasteiger partial charge in [-0.3, -0.25) is 18.6 Å². The second kappa shape index (κ2) is 60.3. The van der Waals surface area contributed by atoms with Crippen molar-refractivity contribution in [2.24, 2.45) is 5.73 Å². The quantitative estimate of drug-likeness (QED) is 0.0264. The average molecular weight is 1080 g/mol. The van der Waals surface area contributed by atoms with Crippen LogP contribution in [-0.4, -0.2) is 49.3 Å². The van der Waals surface area contributed by atoms with E-state index in [4.69, 9.17) is 24.3 Å². The number of carbonyl (C=O) groups is 2. The monoisotopic (exact) mass is 1080 g/mol. The number of esters is 2. The molecule has 0 aliphatic heterocycles. The molecule has 0 aromatic heterocycles. The van der Waals surface area contributed by atoms with Crippen LogP contribution in [0.3, 0.4) is 0 Å². The van der Waals surface area contributed by atoms with Crippen LogP contribution in [0.2, 0.25) is 0 Å². The highest BCUT2D eigenvalue weighted by Gasteiger charge is 2.26. The lowest BCUT2D eigenvalue weighted by molar-refractivity contribution is -0.161. The summed E-state index contributed by atoms with van der Waals surface area (Å²) in [4.78, 5) is 35.1. The van der Waals surface area contributed by atoms with E-state index in [1.54, 1.807) is 0 Å². The summed E-state index contributed by atoms with van der Waals surface area (Å²) < 4.78 is 32.9. The van der Waals surface area contributed by atoms with Gasteiger partial charge in [0.05, 0.1) is 13.2 Å². The number of rotatable bonds is 52. The molecular formula is C67H104NO8P. The molecule has 2 atom stereocenters. The van der Waals surface area contributed by atoms with Crippen LogP contribution in [0.1, 0.15) is 194 Å². The van der Waals surface area contributed by atoms with E-state index in [2.05, 4.69) is 184 Å². The topological polar surface area (TPSA) is 134 Å². The van der Waals surface area contributed by atoms with Gasteiger partial charge in [-0.25, -0.2) is 4.57 Å². The predicted molar refractivity (Wildman–Crippen MR) is 329 cm³/mol. The minimum absolute atomic E-state index is 0.0326. The van der Waals surface area contributed by atoms with Gasteiger partial charge in [-0.05, 0) is 122 Å². The Morgan fingerprint density at radius 3 is 1.05 bits per heavy atom. The summed E-state index contributed by atoms with van der Waals surface area (Å²) >= 11 is 0. The summed E-state index contributed by atoms with van der Waals surface area (Å²) in [6.45, 7) is 3.39. The Labute approximate surface area is 469 Å². The van der Waals surface area contributed by atoms with E-state index in [-0.39, 0.29) is 32.6 Å². The fourth-order valence-electron chi connectivity index (χ4n) is 7.06. The molecule has 0 bridgehead atoms. The van der Waals surface area contributed by atoms with Gasteiger partial charge in [0.2, 0.25) is 0 Å². The van der Waals surface area contributed by atoms with E-state index in [1.807, 2.05) is 12.2 Å². The number of allylic oxidation sites excluding steroid dienone is 30. The summed E-state index contributed by atoms with van der Waals surface area (Å²) in [5.41, 5.74) is 5.37. The van der Waals surface area contributed by atoms with Crippen molar-refractivity contribution in [3.63, 3.8) is 0 Å². The largest absolute Gasteiger partial charge is 0.472 e. The first-order valence-electron chi connectivity index (χ1n) is 29.3. The molecule has 0 rings (SSSR count). The number of carbonyl (C=O) groups excluding carboxylic acids is 2. The van der Waals surface area contributed by atoms with Crippen LogP contribution in [0.25, 0.3) is 0 Å². The number of ether oxygens (including phenoxy) is 2. The van der Waals surface area contributed by atoms with E-state index < -0.39 is 32.5 Å². The molecule has 2 unspecified atom stereocenters. The van der Waals surface area contributed by atoms with Crippen molar-refractivity contribution < 1.29 is 37.6 Å². The van der Waals surface area contributed by atoms with Crippen molar-refractivity contribution in [3.05, 3.63) is 182 Å². The number of hydrogen-bond donors (Lipinski definition) is 2. The standard InChI is InChI=1S/C67H104NO8P/c1-3-5-7-9-11-13-15-17-19-21-23-24-25-26-27-28-29-30-31-32-33-34-35-36-37-38-39-40-42-44-46-48-50-52-54-56-58-60-67(70)76-65(64-75-77(71,72)74-62-61-68)63-73-66(69)59-57-55-53-51-49-47-45-43-41-22-20-18-16-14-12-10-8-6-4-2/h5-8,11-14,17-20,23-24,26-27,29-30,32-33,35-36,38-39,41,43,47,49,53,55,65H,3-4,9-10,15-16,21-22,25,28,31,34,37,40,42,44-46,48,50-52,54,56-64,68H2,1-2H3,(H,71,72)/b7-5-,8-6-,13-11-,14-12-,19-17-,20-18-,24-23-,27-26-,30-29-,33-32-,36-35-,39-38-,43-41-,49-47-,55-53-. The summed E-state index contributed by atoms with van der Waals surface area (Å²) in [7, 11) is -4.42. The van der Waals surface area contributed by atoms with Crippen LogP contribution in [0.15, 0.2) is 182 Å². The first-order valence-corrected chi connectivity index (χ1v) is 30.8. The maximum Gasteiger partial charge on any atom is 0.472 e. The first kappa shape index (κ1) is 72.1. The second-order valence-corrected chi connectivity index (χ2v) is 19.8. The first-order chi connectivity index (χ1) is 37.8. The van der Waals surface area contributed by atoms with Crippen LogP contribution >= 0.6 is 7.82 Å². The van der Waals surface area contributed by atoms with Crippen LogP contribution in [-0.2, 0) is 32.7 Å². The Balaban J connectivity index is 4.10. The number of nitrogens with two attached hydrogens (primary N) is 1. The number of hydrogen-bond acceptors (Lipinski definition) is 8. The molecule has 0 saturated heterocycles. The Morgan fingerprint density at radius 1 is 0.390 bits per heavy atom. The number of unbranched alkanes of at least 4 members (excludes halogenated alkanes) is 9. The third kappa shape index (κ3) is 60.2. The zero-order valence-electron chi connectivity index (χ0n) is 47.9. The minimum atomic E-state index is -4.42. The molecule has 10 heteroatoms. The molecule has 0 aliphatic rings. The minimum Gasteiger partial charge on any atom is -0.462 e. The van der Waals surface area contributed by atoms with E-state index in [0.29, 0.717) is 12.8 Å². The SMILES string of the molecule is CC/C=C\C/C=C\C/C=C\C/C=C\C/C=C\C/C=C\C/C=C\C/C=C\C/C=C\CCCCCCCCCCCC(=O)OC(COC(=O)CC/C=C\C/C=C\C/C=C\C/C=C\C/C=C\C/C=C\CC)COP(=O)(O)OCCN. The van der Waals surface area contributed by atoms with Gasteiger partial charge in [0.25, 0.3) is 0 Å². The van der Waals surface area contributed by atoms with Gasteiger partial charge in [-0.1, -0.05) is 241 Å². The molecule has 9 nitrogen and oxygen atoms in total. The van der Waals surface area contributed by atoms with Gasteiger partial charge < -0.3 is 20.1 Å². The van der Waals surface area contributed by atoms with Crippen molar-refractivity contribution in [1.82, 2.24) is 0 Å². The highest BCUT2D eigenvalue weighted by Crippen LogP contribution is 2.43. The number of phosphoric acid groups is 1. The van der Waals surface area contributed by atoms with Crippen molar-refractivity contribution in [2.75, 3.05) is 26.4 Å². The highest BCUT2D eigenvalue weighted by atomic mass is 31.2. The smallest absolute Gasteiger partial charge is 0.462 e. The van der Waals surface area contributed by atoms with Crippen LogP contribution in [0.5, 0.6) is 0 Å². The molecule has 0 aliphatic carbocycles. The molecule has 0 heterocycles. The molecule has 0 saturated carbocycles. The average Bonchev–Trinajstić information content (AvgIpc) is 3.42. The molecule has 0 fully saturated rings. The molecule has 0 aromatic carbocycles. The number of phosphoric ester groups is 1. The Kier molecular flexibility index (Phi) is 56.5. The highest BCUT2D eigenvalue weighted by molar-refractivity contribution is 7.47. The van der Waals surface area contributed by atoms with E-state index in [9.17, 15) is 19.0 Å². The molecule has 0 aromatic rings. The van der Waals surface area contributed by atoms with Gasteiger partial charge in [0.1, 0.15) is 6.61 Å². The van der Waals surface area contributed by atoms with Crippen molar-refractivity contribution >= 4 is 19.8 Å². The van der Waals surface area contributed by atoms with Crippen molar-refractivity contribution in [3.8, 4) is 0 Å². The Hall–Kier alpha value is -4.89. The lowest BCUT2D eigenvalue weighted by Gasteiger charge is -2.19. The van der Waals surface area contributed by atoms with Gasteiger partial charge in [-0.15, -0.1) is 0 Å². The van der Waals surface area contributed by atoms with Gasteiger partial charge in [0.15, 0.2) is 6.10 Å². The summed E-state index contributed by atoms with van der Waals surface area (Å²) in [6, 6.07) is 0. The lowest BCUT2D eigenvalue weighted by Crippen LogP contribution is -2.29. The molecule has 0 spiro atoms. The maximum absolute atomic E-state index is 12.7. The zero-order valence-corrected chi connectivity index (χ0v) is 48.7. The van der Waals surface area contributed by atoms with E-state index in [0.717, 1.165) is 122 Å². The van der Waals surface area contributed by atoms with E-state index in [1.165, 1.54) is 32.1 Å². The molecule has 77 heavy (non-hydrogen) atoms. The van der Waals surface area contributed by atoms with Crippen LogP contribution in [0, 0.1) is 0 Å². The molecule has 3 N–H and O–H groups in total. The van der Waals surface area contributed by atoms with Crippen LogP contribution in [0.4, 0.5) is 0 Å². The summed E-state index contributed by atoms with van der Waals surface area (Å²) in [5, 5.41) is 0. The fourth-order valence-corrected chi connectivity index (χ4v) is 7.83. The fraction of sp³-hybridized carbons (Fsp3) is 0.522. The van der Waals surface area contributed by atoms with Gasteiger partial charge in [0, 0.05) is 19.4 Å². The summed E-state index contributed by atoms with van der Waals surface area (Å²) in [6.07, 6.45) is 91.1. The third-order valence-corrected chi connectivity index (χ3v) is 12.3. The second-order valence-electron chi connectivity index (χ2n) is 18.4. The predicted octanol–water partition coefficient (Wildman–Crippen LogP) is 18.8. The van der Waals surface area contributed by atoms with Gasteiger partial charge in [-0.2, -0.15) is 0 Å². The normalized spacial score (nSPS) is 14.4. The Morgan fingerprint density at radius 2 is 0.701 bits per heavy atom. The molecule has 0 amide bonds. The molecule has 0 radical (unpaired) electrons. The van der Waals surface area contributed by atoms with E-state index >= 15 is 0 Å². The lowest BCUT2D eigenvalue weighted by atomic mass is 10.1. The van der Waals surface area contributed by atoms with Crippen LogP contribution < -0.4 is 5.73 Å². The third-order valence-electron chi connectivity index (χ3n) is 11.3. The molecule has 430 valence electrons. The summed E-state index contributed by atoms with van der Waals surface area (Å²) in [5.74, 6) is -0.949. The Bertz CT molecular complexity index is 1910. The van der Waals surface area contributed by atoms with Crippen molar-refractivity contribution in [2.45, 2.75) is 200 Å². The van der Waals surface area contributed by atoms with Gasteiger partial charge >= 0.3 is 19.8 Å². The zero-order chi connectivity index (χ0) is 55.9. The maximum atomic E-state index is 12.7. The molecular weight excluding hydrogens is 978 g/mol.